The molecule has 90 valence electrons. The van der Waals surface area contributed by atoms with Gasteiger partial charge in [-0.05, 0) is 26.2 Å². The fourth-order valence-corrected chi connectivity index (χ4v) is 2.31. The monoisotopic (exact) mass is 226 g/mol. The van der Waals surface area contributed by atoms with Crippen molar-refractivity contribution in [3.63, 3.8) is 0 Å². The molecule has 0 heterocycles. The van der Waals surface area contributed by atoms with Gasteiger partial charge in [0.25, 0.3) is 0 Å². The van der Waals surface area contributed by atoms with E-state index in [2.05, 4.69) is 9.47 Å². The van der Waals surface area contributed by atoms with E-state index in [1.807, 2.05) is 13.0 Å². The molecule has 1 atom stereocenters. The molecule has 0 bridgehead atoms. The van der Waals surface area contributed by atoms with Gasteiger partial charge in [-0.3, -0.25) is 9.59 Å². The molecule has 4 heteroatoms. The summed E-state index contributed by atoms with van der Waals surface area (Å²) in [5, 5.41) is 0. The summed E-state index contributed by atoms with van der Waals surface area (Å²) in [6.07, 6.45) is 4.78. The number of hydrogen-bond acceptors (Lipinski definition) is 4. The van der Waals surface area contributed by atoms with Crippen molar-refractivity contribution in [2.24, 2.45) is 11.8 Å². The average molecular weight is 226 g/mol. The summed E-state index contributed by atoms with van der Waals surface area (Å²) in [5.74, 6) is -1.86. The van der Waals surface area contributed by atoms with Gasteiger partial charge in [0.1, 0.15) is 0 Å². The van der Waals surface area contributed by atoms with Crippen LogP contribution in [0.1, 0.15) is 26.2 Å². The lowest BCUT2D eigenvalue weighted by atomic mass is 9.87. The van der Waals surface area contributed by atoms with Crippen molar-refractivity contribution in [2.45, 2.75) is 26.2 Å². The number of esters is 2. The van der Waals surface area contributed by atoms with E-state index in [0.29, 0.717) is 0 Å². The molecule has 1 unspecified atom stereocenters. The summed E-state index contributed by atoms with van der Waals surface area (Å²) in [4.78, 5) is 23.2. The van der Waals surface area contributed by atoms with Gasteiger partial charge in [-0.2, -0.15) is 0 Å². The Morgan fingerprint density at radius 2 is 1.88 bits per heavy atom. The second-order valence-corrected chi connectivity index (χ2v) is 3.89. The third-order valence-electron chi connectivity index (χ3n) is 3.14. The molecule has 0 aromatic carbocycles. The highest BCUT2D eigenvalue weighted by Crippen LogP contribution is 2.37. The van der Waals surface area contributed by atoms with Gasteiger partial charge < -0.3 is 9.47 Å². The van der Waals surface area contributed by atoms with Gasteiger partial charge in [0.2, 0.25) is 0 Å². The maximum atomic E-state index is 11.6. The molecule has 0 aromatic rings. The zero-order chi connectivity index (χ0) is 12.1. The van der Waals surface area contributed by atoms with Crippen molar-refractivity contribution < 1.29 is 19.1 Å². The summed E-state index contributed by atoms with van der Waals surface area (Å²) in [7, 11) is 2.59. The Kier molecular flexibility index (Phi) is 4.52. The first-order valence-corrected chi connectivity index (χ1v) is 5.46. The van der Waals surface area contributed by atoms with Gasteiger partial charge in [0, 0.05) is 5.92 Å². The zero-order valence-electron chi connectivity index (χ0n) is 9.99. The minimum absolute atomic E-state index is 0.0510. The summed E-state index contributed by atoms with van der Waals surface area (Å²) in [5.41, 5.74) is 1.15. The average Bonchev–Trinajstić information content (AvgIpc) is 2.76. The Balaban J connectivity index is 2.92. The second-order valence-electron chi connectivity index (χ2n) is 3.89. The van der Waals surface area contributed by atoms with Crippen molar-refractivity contribution >= 4 is 11.9 Å². The van der Waals surface area contributed by atoms with Crippen LogP contribution in [0.4, 0.5) is 0 Å². The van der Waals surface area contributed by atoms with Gasteiger partial charge in [0.15, 0.2) is 5.92 Å². The molecule has 1 fully saturated rings. The van der Waals surface area contributed by atoms with Crippen LogP contribution >= 0.6 is 0 Å². The van der Waals surface area contributed by atoms with E-state index in [0.717, 1.165) is 24.8 Å². The van der Waals surface area contributed by atoms with Gasteiger partial charge >= 0.3 is 11.9 Å². The van der Waals surface area contributed by atoms with E-state index < -0.39 is 17.9 Å². The van der Waals surface area contributed by atoms with Gasteiger partial charge in [-0.1, -0.05) is 11.6 Å². The Labute approximate surface area is 95.6 Å². The first-order chi connectivity index (χ1) is 7.65. The zero-order valence-corrected chi connectivity index (χ0v) is 9.99. The SMILES string of the molecule is C/C=C1/CCCC1C(C(=O)OC)C(=O)OC. The molecule has 0 radical (unpaired) electrons. The lowest BCUT2D eigenvalue weighted by Gasteiger charge is -2.20. The molecular formula is C12H18O4. The lowest BCUT2D eigenvalue weighted by Crippen LogP contribution is -2.33. The first-order valence-electron chi connectivity index (χ1n) is 5.46. The largest absolute Gasteiger partial charge is 0.468 e. The lowest BCUT2D eigenvalue weighted by molar-refractivity contribution is -0.160. The number of carbonyl (C=O) groups excluding carboxylic acids is 2. The van der Waals surface area contributed by atoms with Crippen molar-refractivity contribution in [1.82, 2.24) is 0 Å². The van der Waals surface area contributed by atoms with E-state index in [-0.39, 0.29) is 5.92 Å². The number of rotatable bonds is 3. The minimum atomic E-state index is -0.802. The molecule has 4 nitrogen and oxygen atoms in total. The number of methoxy groups -OCH3 is 2. The molecule has 0 aromatic heterocycles. The maximum absolute atomic E-state index is 11.6. The third kappa shape index (κ3) is 2.43. The highest BCUT2D eigenvalue weighted by Gasteiger charge is 2.40. The summed E-state index contributed by atoms with van der Waals surface area (Å²) in [6.45, 7) is 1.93. The predicted octanol–water partition coefficient (Wildman–Crippen LogP) is 1.70. The predicted molar refractivity (Wildman–Crippen MR) is 58.6 cm³/mol. The highest BCUT2D eigenvalue weighted by molar-refractivity contribution is 5.95. The topological polar surface area (TPSA) is 52.6 Å². The van der Waals surface area contributed by atoms with Crippen molar-refractivity contribution in [2.75, 3.05) is 14.2 Å². The molecule has 0 spiro atoms. The molecule has 1 aliphatic carbocycles. The minimum Gasteiger partial charge on any atom is -0.468 e. The van der Waals surface area contributed by atoms with E-state index in [4.69, 9.17) is 0 Å². The first kappa shape index (κ1) is 12.7. The fourth-order valence-electron chi connectivity index (χ4n) is 2.31. The van der Waals surface area contributed by atoms with Crippen molar-refractivity contribution in [1.29, 1.82) is 0 Å². The Morgan fingerprint density at radius 3 is 2.31 bits per heavy atom. The fraction of sp³-hybridized carbons (Fsp3) is 0.667. The second kappa shape index (κ2) is 5.68. The van der Waals surface area contributed by atoms with Gasteiger partial charge in [0.05, 0.1) is 14.2 Å². The van der Waals surface area contributed by atoms with Gasteiger partial charge in [-0.25, -0.2) is 0 Å². The molecule has 0 amide bonds. The standard InChI is InChI=1S/C12H18O4/c1-4-8-6-5-7-9(8)10(11(13)15-2)12(14)16-3/h4,9-10H,5-7H2,1-3H3/b8-4-. The summed E-state index contributed by atoms with van der Waals surface area (Å²) >= 11 is 0. The Bertz CT molecular complexity index is 290. The molecule has 1 aliphatic rings. The number of carbonyl (C=O) groups is 2. The van der Waals surface area contributed by atoms with E-state index in [1.165, 1.54) is 14.2 Å². The van der Waals surface area contributed by atoms with E-state index >= 15 is 0 Å². The van der Waals surface area contributed by atoms with Crippen LogP contribution in [-0.4, -0.2) is 26.2 Å². The van der Waals surface area contributed by atoms with Gasteiger partial charge in [-0.15, -0.1) is 0 Å². The van der Waals surface area contributed by atoms with Crippen LogP contribution in [0, 0.1) is 11.8 Å². The molecule has 16 heavy (non-hydrogen) atoms. The Morgan fingerprint density at radius 1 is 1.31 bits per heavy atom. The molecule has 0 aliphatic heterocycles. The number of ether oxygens (including phenoxy) is 2. The van der Waals surface area contributed by atoms with Crippen molar-refractivity contribution in [3.8, 4) is 0 Å². The van der Waals surface area contributed by atoms with Crippen LogP contribution < -0.4 is 0 Å². The van der Waals surface area contributed by atoms with Crippen LogP contribution in [0.25, 0.3) is 0 Å². The van der Waals surface area contributed by atoms with Crippen LogP contribution in [0.5, 0.6) is 0 Å². The molecule has 1 saturated carbocycles. The van der Waals surface area contributed by atoms with Crippen molar-refractivity contribution in [3.05, 3.63) is 11.6 Å². The van der Waals surface area contributed by atoms with Crippen LogP contribution in [0.3, 0.4) is 0 Å². The van der Waals surface area contributed by atoms with E-state index in [1.54, 1.807) is 0 Å². The third-order valence-corrected chi connectivity index (χ3v) is 3.14. The molecule has 0 N–H and O–H groups in total. The van der Waals surface area contributed by atoms with Crippen LogP contribution in [0.15, 0.2) is 11.6 Å². The molecular weight excluding hydrogens is 208 g/mol. The van der Waals surface area contributed by atoms with Crippen LogP contribution in [0.2, 0.25) is 0 Å². The summed E-state index contributed by atoms with van der Waals surface area (Å²) < 4.78 is 9.35. The Hall–Kier alpha value is -1.32. The van der Waals surface area contributed by atoms with E-state index in [9.17, 15) is 9.59 Å². The maximum Gasteiger partial charge on any atom is 0.320 e. The highest BCUT2D eigenvalue weighted by atomic mass is 16.5. The quantitative estimate of drug-likeness (QED) is 0.417. The summed E-state index contributed by atoms with van der Waals surface area (Å²) in [6, 6.07) is 0. The normalized spacial score (nSPS) is 22.5. The molecule has 1 rings (SSSR count). The van der Waals surface area contributed by atoms with Crippen LogP contribution in [-0.2, 0) is 19.1 Å². The molecule has 0 saturated heterocycles. The smallest absolute Gasteiger partial charge is 0.320 e. The number of allylic oxidation sites excluding steroid dienone is 2. The number of hydrogen-bond donors (Lipinski definition) is 0.